The normalized spacial score (nSPS) is 25.8. The first-order valence-electron chi connectivity index (χ1n) is 3.79. The average Bonchev–Trinajstić information content (AvgIpc) is 2.02. The summed E-state index contributed by atoms with van der Waals surface area (Å²) in [5.41, 5.74) is 0.403. The van der Waals surface area contributed by atoms with Crippen molar-refractivity contribution in [2.45, 2.75) is 12.2 Å². The Labute approximate surface area is 80.2 Å². The molecule has 1 aliphatic rings. The third kappa shape index (κ3) is 1.47. The number of para-hydroxylation sites is 1. The fourth-order valence-corrected chi connectivity index (χ4v) is 1.32. The molecule has 2 rings (SSSR count). The summed E-state index contributed by atoms with van der Waals surface area (Å²) in [6.07, 6.45) is 0. The smallest absolute Gasteiger partial charge is 0.346 e. The second-order valence-corrected chi connectivity index (χ2v) is 3.51. The third-order valence-corrected chi connectivity index (χ3v) is 1.83. The van der Waals surface area contributed by atoms with Crippen LogP contribution in [0.1, 0.15) is 17.3 Å². The highest BCUT2D eigenvalue weighted by atomic mass is 35.5. The van der Waals surface area contributed by atoms with Crippen LogP contribution in [0, 0.1) is 0 Å². The maximum atomic E-state index is 11.3. The van der Waals surface area contributed by atoms with E-state index in [4.69, 9.17) is 21.1 Å². The first-order chi connectivity index (χ1) is 6.08. The number of hydrogen-bond donors (Lipinski definition) is 0. The summed E-state index contributed by atoms with van der Waals surface area (Å²) in [5.74, 6) is -0.00407. The van der Waals surface area contributed by atoms with Crippen LogP contribution in [0.3, 0.4) is 0 Å². The van der Waals surface area contributed by atoms with Gasteiger partial charge < -0.3 is 9.47 Å². The molecule has 1 unspecified atom stereocenters. The molecular formula is C9H7ClO3. The van der Waals surface area contributed by atoms with Crippen LogP contribution in [0.2, 0.25) is 0 Å². The molecule has 0 fully saturated rings. The Hall–Kier alpha value is -1.22. The van der Waals surface area contributed by atoms with Gasteiger partial charge in [-0.05, 0) is 23.7 Å². The van der Waals surface area contributed by atoms with Crippen LogP contribution in [-0.2, 0) is 4.74 Å². The van der Waals surface area contributed by atoms with Crippen molar-refractivity contribution >= 4 is 17.6 Å². The molecule has 0 bridgehead atoms. The van der Waals surface area contributed by atoms with Gasteiger partial charge in [0.25, 0.3) is 0 Å². The summed E-state index contributed by atoms with van der Waals surface area (Å²) in [6.45, 7) is 1.47. The molecule has 0 spiro atoms. The van der Waals surface area contributed by atoms with Gasteiger partial charge in [0, 0.05) is 6.92 Å². The van der Waals surface area contributed by atoms with E-state index in [1.165, 1.54) is 6.92 Å². The Kier molecular flexibility index (Phi) is 1.70. The van der Waals surface area contributed by atoms with Crippen molar-refractivity contribution in [1.82, 2.24) is 0 Å². The number of fused-ring (bicyclic) bond motifs is 1. The number of esters is 1. The summed E-state index contributed by atoms with van der Waals surface area (Å²) in [5, 5.41) is -1.38. The number of carbonyl (C=O) groups excluding carboxylic acids is 1. The largest absolute Gasteiger partial charge is 0.439 e. The summed E-state index contributed by atoms with van der Waals surface area (Å²) in [6, 6.07) is 6.81. The van der Waals surface area contributed by atoms with E-state index in [0.29, 0.717) is 11.3 Å². The van der Waals surface area contributed by atoms with Crippen LogP contribution in [0.4, 0.5) is 0 Å². The van der Waals surface area contributed by atoms with Gasteiger partial charge in [0.1, 0.15) is 11.3 Å². The summed E-state index contributed by atoms with van der Waals surface area (Å²) >= 11 is 5.73. The molecule has 1 heterocycles. The monoisotopic (exact) mass is 198 g/mol. The van der Waals surface area contributed by atoms with Gasteiger partial charge in [-0.2, -0.15) is 0 Å². The first kappa shape index (κ1) is 8.38. The molecule has 1 atom stereocenters. The lowest BCUT2D eigenvalue weighted by molar-refractivity contribution is -0.0798. The van der Waals surface area contributed by atoms with E-state index in [0.717, 1.165) is 0 Å². The molecule has 0 aromatic heterocycles. The molecule has 1 aromatic carbocycles. The molecule has 4 heteroatoms. The van der Waals surface area contributed by atoms with Crippen molar-refractivity contribution in [1.29, 1.82) is 0 Å². The van der Waals surface area contributed by atoms with E-state index in [-0.39, 0.29) is 0 Å². The number of cyclic esters (lactones) is 1. The van der Waals surface area contributed by atoms with Crippen molar-refractivity contribution in [3.63, 3.8) is 0 Å². The number of hydrogen-bond acceptors (Lipinski definition) is 3. The van der Waals surface area contributed by atoms with Crippen LogP contribution in [0.5, 0.6) is 5.75 Å². The molecule has 13 heavy (non-hydrogen) atoms. The van der Waals surface area contributed by atoms with E-state index in [2.05, 4.69) is 0 Å². The topological polar surface area (TPSA) is 35.5 Å². The molecule has 0 radical (unpaired) electrons. The van der Waals surface area contributed by atoms with Crippen LogP contribution < -0.4 is 4.74 Å². The average molecular weight is 199 g/mol. The zero-order valence-electron chi connectivity index (χ0n) is 6.91. The maximum Gasteiger partial charge on any atom is 0.346 e. The Morgan fingerprint density at radius 3 is 2.77 bits per heavy atom. The SMILES string of the molecule is CC1(Cl)OC(=O)c2ccccc2O1. The summed E-state index contributed by atoms with van der Waals surface area (Å²) in [4.78, 5) is 11.3. The minimum absolute atomic E-state index is 0.403. The van der Waals surface area contributed by atoms with Crippen LogP contribution >= 0.6 is 11.6 Å². The van der Waals surface area contributed by atoms with E-state index >= 15 is 0 Å². The zero-order chi connectivity index (χ0) is 9.47. The van der Waals surface area contributed by atoms with Crippen LogP contribution in [0.15, 0.2) is 24.3 Å². The lowest BCUT2D eigenvalue weighted by Crippen LogP contribution is -2.36. The molecule has 3 nitrogen and oxygen atoms in total. The second kappa shape index (κ2) is 2.64. The predicted molar refractivity (Wildman–Crippen MR) is 46.7 cm³/mol. The van der Waals surface area contributed by atoms with Crippen molar-refractivity contribution in [2.75, 3.05) is 0 Å². The molecule has 68 valence electrons. The predicted octanol–water partition coefficient (Wildman–Crippen LogP) is 2.15. The lowest BCUT2D eigenvalue weighted by atomic mass is 10.2. The second-order valence-electron chi connectivity index (χ2n) is 2.82. The molecule has 0 aliphatic carbocycles. The highest BCUT2D eigenvalue weighted by molar-refractivity contribution is 6.23. The van der Waals surface area contributed by atoms with E-state index in [1.54, 1.807) is 24.3 Å². The maximum absolute atomic E-state index is 11.3. The molecule has 0 saturated heterocycles. The number of ether oxygens (including phenoxy) is 2. The first-order valence-corrected chi connectivity index (χ1v) is 4.16. The van der Waals surface area contributed by atoms with Crippen molar-refractivity contribution in [2.24, 2.45) is 0 Å². The summed E-state index contributed by atoms with van der Waals surface area (Å²) < 4.78 is 10.0. The quantitative estimate of drug-likeness (QED) is 0.473. The number of benzene rings is 1. The van der Waals surface area contributed by atoms with Gasteiger partial charge in [0.2, 0.25) is 0 Å². The van der Waals surface area contributed by atoms with Gasteiger partial charge in [-0.1, -0.05) is 12.1 Å². The van der Waals surface area contributed by atoms with Gasteiger partial charge >= 0.3 is 11.2 Å². The standard InChI is InChI=1S/C9H7ClO3/c1-9(10)12-7-5-3-2-4-6(7)8(11)13-9/h2-5H,1H3. The van der Waals surface area contributed by atoms with Crippen LogP contribution in [-0.4, -0.2) is 11.2 Å². The van der Waals surface area contributed by atoms with Crippen molar-refractivity contribution < 1.29 is 14.3 Å². The third-order valence-electron chi connectivity index (χ3n) is 1.67. The lowest BCUT2D eigenvalue weighted by Gasteiger charge is -2.28. The zero-order valence-corrected chi connectivity index (χ0v) is 7.67. The van der Waals surface area contributed by atoms with E-state index < -0.39 is 11.2 Å². The molecule has 0 saturated carbocycles. The number of alkyl halides is 1. The minimum Gasteiger partial charge on any atom is -0.439 e. The Morgan fingerprint density at radius 2 is 2.00 bits per heavy atom. The van der Waals surface area contributed by atoms with Gasteiger partial charge in [-0.3, -0.25) is 0 Å². The highest BCUT2D eigenvalue weighted by Gasteiger charge is 2.35. The minimum atomic E-state index is -1.38. The van der Waals surface area contributed by atoms with E-state index in [9.17, 15) is 4.79 Å². The number of halogens is 1. The van der Waals surface area contributed by atoms with Gasteiger partial charge in [-0.25, -0.2) is 4.79 Å². The number of carbonyl (C=O) groups is 1. The molecule has 0 amide bonds. The Morgan fingerprint density at radius 1 is 1.31 bits per heavy atom. The highest BCUT2D eigenvalue weighted by Crippen LogP contribution is 2.32. The fourth-order valence-electron chi connectivity index (χ4n) is 1.16. The molecule has 0 N–H and O–H groups in total. The van der Waals surface area contributed by atoms with Crippen LogP contribution in [0.25, 0.3) is 0 Å². The summed E-state index contributed by atoms with van der Waals surface area (Å²) in [7, 11) is 0. The fraction of sp³-hybridized carbons (Fsp3) is 0.222. The molecule has 1 aromatic rings. The molecule has 1 aliphatic heterocycles. The molecular weight excluding hydrogens is 192 g/mol. The van der Waals surface area contributed by atoms with Gasteiger partial charge in [0.05, 0.1) is 0 Å². The Bertz CT molecular complexity index is 360. The van der Waals surface area contributed by atoms with Crippen molar-refractivity contribution in [3.8, 4) is 5.75 Å². The van der Waals surface area contributed by atoms with Crippen molar-refractivity contribution in [3.05, 3.63) is 29.8 Å². The van der Waals surface area contributed by atoms with Gasteiger partial charge in [0.15, 0.2) is 0 Å². The van der Waals surface area contributed by atoms with Gasteiger partial charge in [-0.15, -0.1) is 0 Å². The van der Waals surface area contributed by atoms with E-state index in [1.807, 2.05) is 0 Å². The number of rotatable bonds is 0. The Balaban J connectivity index is 2.49.